The highest BCUT2D eigenvalue weighted by Crippen LogP contribution is 1.99. The van der Waals surface area contributed by atoms with Gasteiger partial charge in [-0.2, -0.15) is 10.5 Å². The van der Waals surface area contributed by atoms with E-state index in [2.05, 4.69) is 0 Å². The molecule has 0 heterocycles. The zero-order chi connectivity index (χ0) is 11.6. The fraction of sp³-hybridized carbons (Fsp3) is 0.231. The van der Waals surface area contributed by atoms with Gasteiger partial charge in [-0.1, -0.05) is 30.3 Å². The first-order chi connectivity index (χ1) is 7.86. The van der Waals surface area contributed by atoms with Gasteiger partial charge in [0.1, 0.15) is 17.7 Å². The lowest BCUT2D eigenvalue weighted by Crippen LogP contribution is -1.98. The zero-order valence-corrected chi connectivity index (χ0v) is 8.89. The Bertz CT molecular complexity index is 407. The molecule has 16 heavy (non-hydrogen) atoms. The van der Waals surface area contributed by atoms with Crippen LogP contribution in [0.2, 0.25) is 0 Å². The van der Waals surface area contributed by atoms with E-state index in [0.717, 1.165) is 6.42 Å². The van der Waals surface area contributed by atoms with Gasteiger partial charge in [-0.25, -0.2) is 0 Å². The summed E-state index contributed by atoms with van der Waals surface area (Å²) in [6.07, 6.45) is 2.33. The molecule has 0 aromatic heterocycles. The second kappa shape index (κ2) is 7.23. The van der Waals surface area contributed by atoms with Gasteiger partial charge in [0.05, 0.1) is 13.2 Å². The van der Waals surface area contributed by atoms with Crippen LogP contribution in [0.3, 0.4) is 0 Å². The average Bonchev–Trinajstić information content (AvgIpc) is 2.35. The van der Waals surface area contributed by atoms with Crippen molar-refractivity contribution in [3.05, 3.63) is 47.5 Å². The summed E-state index contributed by atoms with van der Waals surface area (Å²) in [6, 6.07) is 13.6. The maximum atomic E-state index is 8.46. The highest BCUT2D eigenvalue weighted by molar-refractivity contribution is 5.34. The molecular formula is C13H12N2O. The quantitative estimate of drug-likeness (QED) is 0.555. The summed E-state index contributed by atoms with van der Waals surface area (Å²) < 4.78 is 5.29. The molecule has 0 radical (unpaired) electrons. The van der Waals surface area contributed by atoms with E-state index < -0.39 is 0 Å². The van der Waals surface area contributed by atoms with Crippen LogP contribution in [0.4, 0.5) is 0 Å². The summed E-state index contributed by atoms with van der Waals surface area (Å²) in [5.74, 6) is 0. The van der Waals surface area contributed by atoms with Gasteiger partial charge >= 0.3 is 0 Å². The topological polar surface area (TPSA) is 56.8 Å². The first-order valence-electron chi connectivity index (χ1n) is 4.99. The molecule has 0 aliphatic heterocycles. The van der Waals surface area contributed by atoms with Crippen molar-refractivity contribution in [2.75, 3.05) is 13.2 Å². The molecule has 0 saturated carbocycles. The summed E-state index contributed by atoms with van der Waals surface area (Å²) in [5, 5.41) is 16.9. The third-order valence-corrected chi connectivity index (χ3v) is 2.02. The van der Waals surface area contributed by atoms with E-state index in [1.165, 1.54) is 11.6 Å². The Kier molecular flexibility index (Phi) is 5.41. The molecule has 80 valence electrons. The van der Waals surface area contributed by atoms with Gasteiger partial charge in [-0.05, 0) is 18.1 Å². The van der Waals surface area contributed by atoms with Gasteiger partial charge in [0, 0.05) is 0 Å². The third kappa shape index (κ3) is 4.41. The van der Waals surface area contributed by atoms with E-state index in [0.29, 0.717) is 13.2 Å². The molecule has 1 rings (SSSR count). The number of rotatable bonds is 5. The average molecular weight is 212 g/mol. The molecule has 0 saturated heterocycles. The van der Waals surface area contributed by atoms with Crippen molar-refractivity contribution in [1.82, 2.24) is 0 Å². The molecule has 1 aromatic rings. The van der Waals surface area contributed by atoms with Crippen molar-refractivity contribution in [3.63, 3.8) is 0 Å². The molecule has 1 aromatic carbocycles. The first-order valence-corrected chi connectivity index (χ1v) is 4.99. The molecule has 0 atom stereocenters. The molecule has 0 bridgehead atoms. The lowest BCUT2D eigenvalue weighted by Gasteiger charge is -2.01. The Hall–Kier alpha value is -2.10. The van der Waals surface area contributed by atoms with Crippen molar-refractivity contribution in [3.8, 4) is 12.1 Å². The lowest BCUT2D eigenvalue weighted by atomic mass is 10.2. The summed E-state index contributed by atoms with van der Waals surface area (Å²) in [7, 11) is 0. The largest absolute Gasteiger partial charge is 0.377 e. The summed E-state index contributed by atoms with van der Waals surface area (Å²) in [5.41, 5.74) is 1.31. The van der Waals surface area contributed by atoms with E-state index in [1.54, 1.807) is 12.1 Å². The lowest BCUT2D eigenvalue weighted by molar-refractivity contribution is 0.165. The van der Waals surface area contributed by atoms with Gasteiger partial charge < -0.3 is 4.74 Å². The fourth-order valence-corrected chi connectivity index (χ4v) is 1.18. The van der Waals surface area contributed by atoms with Crippen molar-refractivity contribution in [2.45, 2.75) is 6.42 Å². The number of allylic oxidation sites excluding steroid dienone is 1. The van der Waals surface area contributed by atoms with Crippen LogP contribution in [0, 0.1) is 22.7 Å². The summed E-state index contributed by atoms with van der Waals surface area (Å²) >= 11 is 0. The Balaban J connectivity index is 2.21. The highest BCUT2D eigenvalue weighted by Gasteiger charge is 1.93. The van der Waals surface area contributed by atoms with E-state index in [4.69, 9.17) is 15.3 Å². The SMILES string of the molecule is N#CC(C#N)=CCOCCc1ccccc1. The van der Waals surface area contributed by atoms with Crippen molar-refractivity contribution in [2.24, 2.45) is 0 Å². The number of hydrogen-bond acceptors (Lipinski definition) is 3. The number of nitrogens with zero attached hydrogens (tertiary/aromatic N) is 2. The second-order valence-corrected chi connectivity index (χ2v) is 3.15. The van der Waals surface area contributed by atoms with E-state index >= 15 is 0 Å². The predicted octanol–water partition coefficient (Wildman–Crippen LogP) is 2.22. The highest BCUT2D eigenvalue weighted by atomic mass is 16.5. The van der Waals surface area contributed by atoms with Gasteiger partial charge in [0.25, 0.3) is 0 Å². The van der Waals surface area contributed by atoms with E-state index in [9.17, 15) is 0 Å². The molecule has 0 fully saturated rings. The van der Waals surface area contributed by atoms with Crippen molar-refractivity contribution < 1.29 is 4.74 Å². The molecule has 0 aliphatic rings. The van der Waals surface area contributed by atoms with Gasteiger partial charge in [-0.15, -0.1) is 0 Å². The first kappa shape index (κ1) is 12.0. The number of ether oxygens (including phenoxy) is 1. The zero-order valence-electron chi connectivity index (χ0n) is 8.89. The van der Waals surface area contributed by atoms with Crippen LogP contribution in [0.5, 0.6) is 0 Å². The van der Waals surface area contributed by atoms with E-state index in [-0.39, 0.29) is 5.57 Å². The Morgan fingerprint density at radius 1 is 1.19 bits per heavy atom. The van der Waals surface area contributed by atoms with E-state index in [1.807, 2.05) is 30.3 Å². The van der Waals surface area contributed by atoms with Crippen LogP contribution < -0.4 is 0 Å². The molecule has 0 aliphatic carbocycles. The number of hydrogen-bond donors (Lipinski definition) is 0. The Labute approximate surface area is 95.2 Å². The fourth-order valence-electron chi connectivity index (χ4n) is 1.18. The molecular weight excluding hydrogens is 200 g/mol. The number of nitriles is 2. The van der Waals surface area contributed by atoms with Gasteiger partial charge in [-0.3, -0.25) is 0 Å². The van der Waals surface area contributed by atoms with Crippen LogP contribution in [-0.4, -0.2) is 13.2 Å². The summed E-state index contributed by atoms with van der Waals surface area (Å²) in [6.45, 7) is 0.897. The van der Waals surface area contributed by atoms with Gasteiger partial charge in [0.2, 0.25) is 0 Å². The van der Waals surface area contributed by atoms with Crippen LogP contribution in [0.1, 0.15) is 5.56 Å². The molecule has 0 N–H and O–H groups in total. The molecule has 0 spiro atoms. The minimum absolute atomic E-state index is 0.0970. The van der Waals surface area contributed by atoms with Crippen LogP contribution >= 0.6 is 0 Å². The second-order valence-electron chi connectivity index (χ2n) is 3.15. The standard InChI is InChI=1S/C13H12N2O/c14-10-13(11-15)7-9-16-8-6-12-4-2-1-3-5-12/h1-5,7H,6,8-9H2. The molecule has 0 amide bonds. The molecule has 3 heteroatoms. The van der Waals surface area contributed by atoms with Crippen LogP contribution in [0.15, 0.2) is 42.0 Å². The Morgan fingerprint density at radius 2 is 1.88 bits per heavy atom. The maximum Gasteiger partial charge on any atom is 0.127 e. The normalized spacial score (nSPS) is 8.88. The predicted molar refractivity (Wildman–Crippen MR) is 60.3 cm³/mol. The van der Waals surface area contributed by atoms with Crippen molar-refractivity contribution in [1.29, 1.82) is 10.5 Å². The minimum atomic E-state index is 0.0970. The smallest absolute Gasteiger partial charge is 0.127 e. The minimum Gasteiger partial charge on any atom is -0.377 e. The van der Waals surface area contributed by atoms with Crippen LogP contribution in [0.25, 0.3) is 0 Å². The third-order valence-electron chi connectivity index (χ3n) is 2.02. The molecule has 3 nitrogen and oxygen atoms in total. The van der Waals surface area contributed by atoms with Crippen molar-refractivity contribution >= 4 is 0 Å². The Morgan fingerprint density at radius 3 is 2.50 bits per heavy atom. The van der Waals surface area contributed by atoms with Gasteiger partial charge in [0.15, 0.2) is 0 Å². The number of benzene rings is 1. The maximum absolute atomic E-state index is 8.46. The summed E-state index contributed by atoms with van der Waals surface area (Å²) in [4.78, 5) is 0. The monoisotopic (exact) mass is 212 g/mol. The van der Waals surface area contributed by atoms with Crippen LogP contribution in [-0.2, 0) is 11.2 Å². The molecule has 0 unspecified atom stereocenters.